The van der Waals surface area contributed by atoms with E-state index in [-0.39, 0.29) is 11.5 Å². The molecule has 0 bridgehead atoms. The summed E-state index contributed by atoms with van der Waals surface area (Å²) in [5.74, 6) is -0.218. The van der Waals surface area contributed by atoms with E-state index in [1.54, 1.807) is 18.2 Å². The Morgan fingerprint density at radius 1 is 0.810 bits per heavy atom. The summed E-state index contributed by atoms with van der Waals surface area (Å²) in [7, 11) is 0. The van der Waals surface area contributed by atoms with Crippen molar-refractivity contribution in [2.45, 2.75) is 0 Å². The van der Waals surface area contributed by atoms with Crippen molar-refractivity contribution in [1.29, 1.82) is 0 Å². The molecule has 0 aliphatic heterocycles. The second-order valence-corrected chi connectivity index (χ2v) is 4.70. The Bertz CT molecular complexity index is 855. The highest BCUT2D eigenvalue weighted by molar-refractivity contribution is 6.10. The minimum Gasteiger partial charge on any atom is -0.289 e. The van der Waals surface area contributed by atoms with Crippen molar-refractivity contribution in [3.8, 4) is 0 Å². The fraction of sp³-hybridized carbons (Fsp3) is 0. The molecule has 0 saturated carbocycles. The summed E-state index contributed by atoms with van der Waals surface area (Å²) < 4.78 is 0. The third-order valence-electron chi connectivity index (χ3n) is 3.33. The van der Waals surface area contributed by atoms with Crippen molar-refractivity contribution < 1.29 is 9.72 Å². The van der Waals surface area contributed by atoms with Gasteiger partial charge in [0.15, 0.2) is 5.78 Å². The number of ketones is 1. The number of rotatable bonds is 3. The van der Waals surface area contributed by atoms with E-state index in [1.165, 1.54) is 18.2 Å². The van der Waals surface area contributed by atoms with Gasteiger partial charge in [-0.25, -0.2) is 0 Å². The van der Waals surface area contributed by atoms with Crippen molar-refractivity contribution in [3.05, 3.63) is 88.0 Å². The van der Waals surface area contributed by atoms with Crippen LogP contribution in [-0.2, 0) is 0 Å². The van der Waals surface area contributed by atoms with E-state index in [9.17, 15) is 14.9 Å². The third kappa shape index (κ3) is 2.51. The number of hydrogen-bond acceptors (Lipinski definition) is 3. The molecule has 3 rings (SSSR count). The normalized spacial score (nSPS) is 10.5. The Hall–Kier alpha value is -3.01. The standard InChI is InChI=1S/C17H11NO3/c19-17(14-6-3-7-16(11-14)18(20)21)15-9-8-12-4-1-2-5-13(12)10-15/h1-11H. The fourth-order valence-electron chi connectivity index (χ4n) is 2.26. The number of carbonyl (C=O) groups is 1. The summed E-state index contributed by atoms with van der Waals surface area (Å²) in [4.78, 5) is 22.7. The Morgan fingerprint density at radius 3 is 2.29 bits per heavy atom. The van der Waals surface area contributed by atoms with E-state index in [0.717, 1.165) is 10.8 Å². The van der Waals surface area contributed by atoms with Crippen LogP contribution in [0.15, 0.2) is 66.7 Å². The molecule has 102 valence electrons. The van der Waals surface area contributed by atoms with Crippen LogP contribution in [0.2, 0.25) is 0 Å². The van der Waals surface area contributed by atoms with E-state index in [4.69, 9.17) is 0 Å². The van der Waals surface area contributed by atoms with Crippen LogP contribution < -0.4 is 0 Å². The quantitative estimate of drug-likeness (QED) is 0.413. The Labute approximate surface area is 120 Å². The van der Waals surface area contributed by atoms with Crippen molar-refractivity contribution in [2.24, 2.45) is 0 Å². The molecule has 4 heteroatoms. The lowest BCUT2D eigenvalue weighted by atomic mass is 10.00. The number of nitro groups is 1. The summed E-state index contributed by atoms with van der Waals surface area (Å²) in [6, 6.07) is 18.9. The van der Waals surface area contributed by atoms with Crippen LogP contribution in [0.4, 0.5) is 5.69 Å². The molecule has 21 heavy (non-hydrogen) atoms. The summed E-state index contributed by atoms with van der Waals surface area (Å²) in [6.07, 6.45) is 0. The van der Waals surface area contributed by atoms with E-state index < -0.39 is 4.92 Å². The average Bonchev–Trinajstić information content (AvgIpc) is 2.53. The predicted octanol–water partition coefficient (Wildman–Crippen LogP) is 3.98. The first-order valence-corrected chi connectivity index (χ1v) is 6.43. The molecule has 0 aliphatic carbocycles. The highest BCUT2D eigenvalue weighted by atomic mass is 16.6. The number of non-ortho nitro benzene ring substituents is 1. The molecular formula is C17H11NO3. The van der Waals surface area contributed by atoms with Gasteiger partial charge in [-0.1, -0.05) is 48.5 Å². The van der Waals surface area contributed by atoms with Crippen LogP contribution in [0.5, 0.6) is 0 Å². The van der Waals surface area contributed by atoms with E-state index >= 15 is 0 Å². The molecule has 0 heterocycles. The number of hydrogen-bond donors (Lipinski definition) is 0. The summed E-state index contributed by atoms with van der Waals surface area (Å²) in [5, 5.41) is 12.8. The molecule has 0 saturated heterocycles. The van der Waals surface area contributed by atoms with Crippen LogP contribution in [0.1, 0.15) is 15.9 Å². The topological polar surface area (TPSA) is 60.2 Å². The van der Waals surface area contributed by atoms with Crippen LogP contribution in [-0.4, -0.2) is 10.7 Å². The largest absolute Gasteiger partial charge is 0.289 e. The zero-order chi connectivity index (χ0) is 14.8. The van der Waals surface area contributed by atoms with Crippen molar-refractivity contribution in [3.63, 3.8) is 0 Å². The van der Waals surface area contributed by atoms with Gasteiger partial charge in [0.2, 0.25) is 0 Å². The molecule has 0 aliphatic rings. The predicted molar refractivity (Wildman–Crippen MR) is 80.5 cm³/mol. The van der Waals surface area contributed by atoms with E-state index in [1.807, 2.05) is 30.3 Å². The molecule has 0 N–H and O–H groups in total. The highest BCUT2D eigenvalue weighted by Crippen LogP contribution is 2.20. The van der Waals surface area contributed by atoms with Crippen LogP contribution in [0.25, 0.3) is 10.8 Å². The van der Waals surface area contributed by atoms with Gasteiger partial charge in [-0.05, 0) is 16.8 Å². The summed E-state index contributed by atoms with van der Waals surface area (Å²) in [6.45, 7) is 0. The van der Waals surface area contributed by atoms with Gasteiger partial charge >= 0.3 is 0 Å². The van der Waals surface area contributed by atoms with Gasteiger partial charge < -0.3 is 0 Å². The Morgan fingerprint density at radius 2 is 1.52 bits per heavy atom. The minimum absolute atomic E-state index is 0.0818. The lowest BCUT2D eigenvalue weighted by molar-refractivity contribution is -0.384. The first kappa shape index (κ1) is 13.0. The molecule has 0 spiro atoms. The molecule has 0 radical (unpaired) electrons. The lowest BCUT2D eigenvalue weighted by Crippen LogP contribution is -2.02. The first-order valence-electron chi connectivity index (χ1n) is 6.43. The zero-order valence-corrected chi connectivity index (χ0v) is 11.0. The molecular weight excluding hydrogens is 266 g/mol. The van der Waals surface area contributed by atoms with Gasteiger partial charge in [0.1, 0.15) is 0 Å². The third-order valence-corrected chi connectivity index (χ3v) is 3.33. The second-order valence-electron chi connectivity index (χ2n) is 4.70. The summed E-state index contributed by atoms with van der Waals surface area (Å²) >= 11 is 0. The maximum Gasteiger partial charge on any atom is 0.270 e. The maximum absolute atomic E-state index is 12.4. The fourth-order valence-corrected chi connectivity index (χ4v) is 2.26. The maximum atomic E-state index is 12.4. The molecule has 0 fully saturated rings. The van der Waals surface area contributed by atoms with Crippen molar-refractivity contribution in [2.75, 3.05) is 0 Å². The van der Waals surface area contributed by atoms with Gasteiger partial charge in [0, 0.05) is 23.3 Å². The van der Waals surface area contributed by atoms with Gasteiger partial charge in [-0.2, -0.15) is 0 Å². The van der Waals surface area contributed by atoms with E-state index in [0.29, 0.717) is 11.1 Å². The Kier molecular flexibility index (Phi) is 3.20. The van der Waals surface area contributed by atoms with Gasteiger partial charge in [-0.15, -0.1) is 0 Å². The number of benzene rings is 3. The zero-order valence-electron chi connectivity index (χ0n) is 11.0. The smallest absolute Gasteiger partial charge is 0.270 e. The highest BCUT2D eigenvalue weighted by Gasteiger charge is 2.13. The molecule has 4 nitrogen and oxygen atoms in total. The lowest BCUT2D eigenvalue weighted by Gasteiger charge is -2.03. The van der Waals surface area contributed by atoms with Crippen LogP contribution in [0.3, 0.4) is 0 Å². The molecule has 3 aromatic carbocycles. The van der Waals surface area contributed by atoms with Gasteiger partial charge in [-0.3, -0.25) is 14.9 Å². The SMILES string of the molecule is O=C(c1cccc([N+](=O)[O-])c1)c1ccc2ccccc2c1. The molecule has 0 aromatic heterocycles. The number of nitrogens with zero attached hydrogens (tertiary/aromatic N) is 1. The van der Waals surface area contributed by atoms with Crippen LogP contribution in [0, 0.1) is 10.1 Å². The van der Waals surface area contributed by atoms with Gasteiger partial charge in [0.05, 0.1) is 4.92 Å². The first-order chi connectivity index (χ1) is 10.1. The molecule has 0 unspecified atom stereocenters. The monoisotopic (exact) mass is 277 g/mol. The second kappa shape index (κ2) is 5.17. The number of nitro benzene ring substituents is 1. The minimum atomic E-state index is -0.503. The number of fused-ring (bicyclic) bond motifs is 1. The van der Waals surface area contributed by atoms with E-state index in [2.05, 4.69) is 0 Å². The number of carbonyl (C=O) groups excluding carboxylic acids is 1. The average molecular weight is 277 g/mol. The molecule has 3 aromatic rings. The van der Waals surface area contributed by atoms with Gasteiger partial charge in [0.25, 0.3) is 5.69 Å². The molecule has 0 amide bonds. The van der Waals surface area contributed by atoms with Crippen LogP contribution >= 0.6 is 0 Å². The Balaban J connectivity index is 2.03. The van der Waals surface area contributed by atoms with Crippen molar-refractivity contribution in [1.82, 2.24) is 0 Å². The summed E-state index contributed by atoms with van der Waals surface area (Å²) in [5.41, 5.74) is 0.760. The van der Waals surface area contributed by atoms with Crippen molar-refractivity contribution >= 4 is 22.2 Å². The molecule has 0 atom stereocenters.